The summed E-state index contributed by atoms with van der Waals surface area (Å²) in [6.45, 7) is 6.31. The number of carbonyl (C=O) groups excluding carboxylic acids is 1. The molecule has 2 aliphatic rings. The Bertz CT molecular complexity index is 799. The van der Waals surface area contributed by atoms with E-state index in [0.29, 0.717) is 12.1 Å². The van der Waals surface area contributed by atoms with E-state index in [1.54, 1.807) is 12.3 Å². The first-order valence-electron chi connectivity index (χ1n) is 9.18. The van der Waals surface area contributed by atoms with E-state index in [1.165, 1.54) is 11.1 Å². The molecule has 1 amide bonds. The summed E-state index contributed by atoms with van der Waals surface area (Å²) in [5.41, 5.74) is 4.48. The predicted molar refractivity (Wildman–Crippen MR) is 102 cm³/mol. The summed E-state index contributed by atoms with van der Waals surface area (Å²) in [7, 11) is 2.13. The number of pyridine rings is 1. The van der Waals surface area contributed by atoms with Crippen LogP contribution in [0.15, 0.2) is 36.5 Å². The number of hydrogen-bond donors (Lipinski definition) is 2. The van der Waals surface area contributed by atoms with Crippen molar-refractivity contribution in [3.63, 3.8) is 0 Å². The molecule has 0 saturated carbocycles. The average molecular weight is 351 g/mol. The lowest BCUT2D eigenvalue weighted by molar-refractivity contribution is 0.0951. The van der Waals surface area contributed by atoms with Crippen LogP contribution >= 0.6 is 0 Å². The van der Waals surface area contributed by atoms with Gasteiger partial charge in [0, 0.05) is 57.6 Å². The average Bonchev–Trinajstić information content (AvgIpc) is 3.14. The number of piperazine rings is 1. The minimum atomic E-state index is -0.0543. The Balaban J connectivity index is 1.39. The predicted octanol–water partition coefficient (Wildman–Crippen LogP) is 1.37. The van der Waals surface area contributed by atoms with Crippen molar-refractivity contribution in [2.75, 3.05) is 38.1 Å². The topological polar surface area (TPSA) is 60.5 Å². The van der Waals surface area contributed by atoms with E-state index in [0.717, 1.165) is 50.6 Å². The highest BCUT2D eigenvalue weighted by Crippen LogP contribution is 2.18. The minimum absolute atomic E-state index is 0.0543. The summed E-state index contributed by atoms with van der Waals surface area (Å²) >= 11 is 0. The lowest BCUT2D eigenvalue weighted by Crippen LogP contribution is -2.44. The minimum Gasteiger partial charge on any atom is -0.354 e. The van der Waals surface area contributed by atoms with E-state index in [9.17, 15) is 4.79 Å². The number of aromatic nitrogens is 1. The van der Waals surface area contributed by atoms with Crippen molar-refractivity contribution in [2.24, 2.45) is 0 Å². The Morgan fingerprint density at radius 1 is 1.12 bits per heavy atom. The van der Waals surface area contributed by atoms with Gasteiger partial charge >= 0.3 is 0 Å². The Hall–Kier alpha value is -2.44. The van der Waals surface area contributed by atoms with E-state index >= 15 is 0 Å². The van der Waals surface area contributed by atoms with Crippen LogP contribution in [0.5, 0.6) is 0 Å². The first-order chi connectivity index (χ1) is 12.7. The Morgan fingerprint density at radius 2 is 1.92 bits per heavy atom. The highest BCUT2D eigenvalue weighted by atomic mass is 16.1. The third kappa shape index (κ3) is 3.71. The molecule has 0 unspecified atom stereocenters. The molecule has 6 nitrogen and oxygen atoms in total. The molecule has 26 heavy (non-hydrogen) atoms. The number of amides is 1. The third-order valence-corrected chi connectivity index (χ3v) is 5.19. The number of carbonyl (C=O) groups is 1. The van der Waals surface area contributed by atoms with Crippen LogP contribution in [0.4, 0.5) is 5.82 Å². The van der Waals surface area contributed by atoms with Crippen LogP contribution in [0.25, 0.3) is 0 Å². The number of likely N-dealkylation sites (N-methyl/N-ethyl adjacent to an activating group) is 1. The standard InChI is InChI=1S/C20H25N5O/c1-24-6-8-25(9-7-24)19-11-16(4-5-22-19)20(26)23-12-15-2-3-17-13-21-14-18(17)10-15/h2-5,10-11,21H,6-9,12-14H2,1H3,(H,23,26). The summed E-state index contributed by atoms with van der Waals surface area (Å²) in [5.74, 6) is 0.829. The second-order valence-electron chi connectivity index (χ2n) is 7.08. The first-order valence-corrected chi connectivity index (χ1v) is 9.18. The summed E-state index contributed by atoms with van der Waals surface area (Å²) < 4.78 is 0. The quantitative estimate of drug-likeness (QED) is 0.871. The van der Waals surface area contributed by atoms with Crippen LogP contribution in [0.1, 0.15) is 27.0 Å². The number of hydrogen-bond acceptors (Lipinski definition) is 5. The maximum Gasteiger partial charge on any atom is 0.251 e. The van der Waals surface area contributed by atoms with Crippen LogP contribution < -0.4 is 15.5 Å². The first kappa shape index (κ1) is 17.0. The highest BCUT2D eigenvalue weighted by Gasteiger charge is 2.17. The second-order valence-corrected chi connectivity index (χ2v) is 7.08. The number of rotatable bonds is 4. The van der Waals surface area contributed by atoms with Gasteiger partial charge in [0.05, 0.1) is 0 Å². The smallest absolute Gasteiger partial charge is 0.251 e. The lowest BCUT2D eigenvalue weighted by Gasteiger charge is -2.33. The summed E-state index contributed by atoms with van der Waals surface area (Å²) in [4.78, 5) is 21.6. The number of anilines is 1. The molecule has 0 aliphatic carbocycles. The van der Waals surface area contributed by atoms with Gasteiger partial charge in [-0.2, -0.15) is 0 Å². The van der Waals surface area contributed by atoms with E-state index in [2.05, 4.69) is 50.7 Å². The fourth-order valence-electron chi connectivity index (χ4n) is 3.51. The largest absolute Gasteiger partial charge is 0.354 e. The van der Waals surface area contributed by atoms with Gasteiger partial charge in [-0.3, -0.25) is 4.79 Å². The fourth-order valence-corrected chi connectivity index (χ4v) is 3.51. The van der Waals surface area contributed by atoms with Crippen molar-refractivity contribution in [1.29, 1.82) is 0 Å². The van der Waals surface area contributed by atoms with Crippen LogP contribution in [0.2, 0.25) is 0 Å². The molecule has 0 radical (unpaired) electrons. The molecular weight excluding hydrogens is 326 g/mol. The zero-order valence-electron chi connectivity index (χ0n) is 15.2. The Morgan fingerprint density at radius 3 is 2.77 bits per heavy atom. The fraction of sp³-hybridized carbons (Fsp3) is 0.400. The second kappa shape index (κ2) is 7.43. The SMILES string of the molecule is CN1CCN(c2cc(C(=O)NCc3ccc4c(c3)CNC4)ccn2)CC1. The molecular formula is C20H25N5O. The maximum absolute atomic E-state index is 12.6. The molecule has 1 fully saturated rings. The molecule has 136 valence electrons. The lowest BCUT2D eigenvalue weighted by atomic mass is 10.1. The van der Waals surface area contributed by atoms with Gasteiger partial charge in [0.1, 0.15) is 5.82 Å². The van der Waals surface area contributed by atoms with E-state index in [4.69, 9.17) is 0 Å². The van der Waals surface area contributed by atoms with Gasteiger partial charge in [-0.05, 0) is 35.9 Å². The van der Waals surface area contributed by atoms with E-state index < -0.39 is 0 Å². The van der Waals surface area contributed by atoms with Crippen LogP contribution in [-0.2, 0) is 19.6 Å². The molecule has 2 N–H and O–H groups in total. The van der Waals surface area contributed by atoms with Gasteiger partial charge in [-0.1, -0.05) is 18.2 Å². The van der Waals surface area contributed by atoms with Crippen molar-refractivity contribution in [1.82, 2.24) is 20.5 Å². The molecule has 4 rings (SSSR count). The van der Waals surface area contributed by atoms with Crippen molar-refractivity contribution >= 4 is 11.7 Å². The van der Waals surface area contributed by atoms with E-state index in [-0.39, 0.29) is 5.91 Å². The molecule has 6 heteroatoms. The van der Waals surface area contributed by atoms with Crippen LogP contribution in [-0.4, -0.2) is 49.0 Å². The van der Waals surface area contributed by atoms with Crippen molar-refractivity contribution in [2.45, 2.75) is 19.6 Å². The van der Waals surface area contributed by atoms with E-state index in [1.807, 2.05) is 6.07 Å². The molecule has 1 aromatic heterocycles. The number of nitrogens with zero attached hydrogens (tertiary/aromatic N) is 3. The van der Waals surface area contributed by atoms with Gasteiger partial charge in [0.25, 0.3) is 5.91 Å². The van der Waals surface area contributed by atoms with Gasteiger partial charge < -0.3 is 20.4 Å². The van der Waals surface area contributed by atoms with Gasteiger partial charge in [-0.25, -0.2) is 4.98 Å². The van der Waals surface area contributed by atoms with Gasteiger partial charge in [0.2, 0.25) is 0 Å². The summed E-state index contributed by atoms with van der Waals surface area (Å²) in [6.07, 6.45) is 1.73. The van der Waals surface area contributed by atoms with Crippen molar-refractivity contribution < 1.29 is 4.79 Å². The molecule has 2 aliphatic heterocycles. The molecule has 0 atom stereocenters. The van der Waals surface area contributed by atoms with Crippen molar-refractivity contribution in [3.05, 3.63) is 58.8 Å². The molecule has 0 bridgehead atoms. The maximum atomic E-state index is 12.6. The molecule has 2 aromatic rings. The van der Waals surface area contributed by atoms with Crippen LogP contribution in [0, 0.1) is 0 Å². The van der Waals surface area contributed by atoms with Gasteiger partial charge in [0.15, 0.2) is 0 Å². The highest BCUT2D eigenvalue weighted by molar-refractivity contribution is 5.94. The number of nitrogens with one attached hydrogen (secondary N) is 2. The van der Waals surface area contributed by atoms with Crippen LogP contribution in [0.3, 0.4) is 0 Å². The van der Waals surface area contributed by atoms with Crippen molar-refractivity contribution in [3.8, 4) is 0 Å². The monoisotopic (exact) mass is 351 g/mol. The Labute approximate surface area is 154 Å². The molecule has 1 aromatic carbocycles. The molecule has 1 saturated heterocycles. The summed E-state index contributed by atoms with van der Waals surface area (Å²) in [5, 5.41) is 6.37. The van der Waals surface area contributed by atoms with Gasteiger partial charge in [-0.15, -0.1) is 0 Å². The Kier molecular flexibility index (Phi) is 4.86. The number of fused-ring (bicyclic) bond motifs is 1. The zero-order chi connectivity index (χ0) is 17.9. The molecule has 0 spiro atoms. The zero-order valence-corrected chi connectivity index (χ0v) is 15.2. The number of benzene rings is 1. The normalized spacial score (nSPS) is 17.2. The molecule has 3 heterocycles. The summed E-state index contributed by atoms with van der Waals surface area (Å²) in [6, 6.07) is 10.1. The third-order valence-electron chi connectivity index (χ3n) is 5.19.